The summed E-state index contributed by atoms with van der Waals surface area (Å²) >= 11 is 0. The Labute approximate surface area is 74.9 Å². The van der Waals surface area contributed by atoms with E-state index in [-0.39, 0.29) is 5.41 Å². The smallest absolute Gasteiger partial charge is 0.129 e. The first-order valence-corrected chi connectivity index (χ1v) is 4.67. The van der Waals surface area contributed by atoms with Crippen LogP contribution in [0.4, 0.5) is 0 Å². The number of aldehydes is 1. The molecule has 0 spiro atoms. The number of carbonyl (C=O) groups is 1. The molecule has 0 aromatic carbocycles. The van der Waals surface area contributed by atoms with E-state index in [4.69, 9.17) is 0 Å². The highest BCUT2D eigenvalue weighted by Crippen LogP contribution is 2.46. The van der Waals surface area contributed by atoms with Crippen LogP contribution >= 0.6 is 0 Å². The topological polar surface area (TPSA) is 17.1 Å². The first kappa shape index (κ1) is 9.50. The van der Waals surface area contributed by atoms with Crippen molar-refractivity contribution in [2.75, 3.05) is 0 Å². The van der Waals surface area contributed by atoms with Gasteiger partial charge >= 0.3 is 0 Å². The molecular weight excluding hydrogens is 148 g/mol. The first-order chi connectivity index (χ1) is 5.51. The molecule has 1 nitrogen and oxygen atoms in total. The van der Waals surface area contributed by atoms with E-state index in [1.807, 2.05) is 6.92 Å². The fourth-order valence-corrected chi connectivity index (χ4v) is 2.08. The van der Waals surface area contributed by atoms with E-state index in [2.05, 4.69) is 20.4 Å². The standard InChI is InChI=1S/C11H18O/c1-8(2)10-5-6-11(4,7-12)9(10)3/h7-8,10H,3,5-6H2,1-2,4H3/t10-,11-/m1/s1. The summed E-state index contributed by atoms with van der Waals surface area (Å²) in [7, 11) is 0. The van der Waals surface area contributed by atoms with Gasteiger partial charge in [-0.25, -0.2) is 0 Å². The van der Waals surface area contributed by atoms with Crippen LogP contribution in [-0.2, 0) is 4.79 Å². The Hall–Kier alpha value is -0.590. The van der Waals surface area contributed by atoms with Gasteiger partial charge in [0, 0.05) is 5.41 Å². The first-order valence-electron chi connectivity index (χ1n) is 4.67. The molecule has 1 fully saturated rings. The van der Waals surface area contributed by atoms with E-state index in [1.54, 1.807) is 0 Å². The lowest BCUT2D eigenvalue weighted by atomic mass is 9.82. The molecule has 0 aliphatic heterocycles. The predicted octanol–water partition coefficient (Wildman–Crippen LogP) is 2.81. The van der Waals surface area contributed by atoms with Gasteiger partial charge in [0.1, 0.15) is 6.29 Å². The molecular formula is C11H18O. The van der Waals surface area contributed by atoms with Crippen molar-refractivity contribution in [2.45, 2.75) is 33.6 Å². The summed E-state index contributed by atoms with van der Waals surface area (Å²) in [4.78, 5) is 10.8. The van der Waals surface area contributed by atoms with Crippen molar-refractivity contribution >= 4 is 6.29 Å². The minimum atomic E-state index is -0.227. The molecule has 1 heteroatoms. The van der Waals surface area contributed by atoms with Crippen molar-refractivity contribution in [3.05, 3.63) is 12.2 Å². The molecule has 2 atom stereocenters. The molecule has 1 aliphatic carbocycles. The van der Waals surface area contributed by atoms with Gasteiger partial charge in [-0.1, -0.05) is 26.0 Å². The number of carbonyl (C=O) groups excluding carboxylic acids is 1. The quantitative estimate of drug-likeness (QED) is 0.455. The van der Waals surface area contributed by atoms with Crippen LogP contribution in [0.25, 0.3) is 0 Å². The number of rotatable bonds is 2. The fourth-order valence-electron chi connectivity index (χ4n) is 2.08. The fraction of sp³-hybridized carbons (Fsp3) is 0.727. The van der Waals surface area contributed by atoms with Gasteiger partial charge in [-0.2, -0.15) is 0 Å². The molecule has 0 aromatic heterocycles. The van der Waals surface area contributed by atoms with Crippen LogP contribution < -0.4 is 0 Å². The second-order valence-corrected chi connectivity index (χ2v) is 4.45. The van der Waals surface area contributed by atoms with Crippen molar-refractivity contribution < 1.29 is 4.79 Å². The van der Waals surface area contributed by atoms with Gasteiger partial charge in [-0.05, 0) is 31.6 Å². The summed E-state index contributed by atoms with van der Waals surface area (Å²) in [5.74, 6) is 1.18. The van der Waals surface area contributed by atoms with Crippen LogP contribution in [0.5, 0.6) is 0 Å². The molecule has 1 rings (SSSR count). The van der Waals surface area contributed by atoms with Crippen LogP contribution in [0.15, 0.2) is 12.2 Å². The van der Waals surface area contributed by atoms with Gasteiger partial charge in [-0.3, -0.25) is 0 Å². The van der Waals surface area contributed by atoms with E-state index in [1.165, 1.54) is 0 Å². The lowest BCUT2D eigenvalue weighted by Crippen LogP contribution is -2.18. The zero-order valence-electron chi connectivity index (χ0n) is 8.26. The zero-order valence-corrected chi connectivity index (χ0v) is 8.26. The molecule has 1 aliphatic rings. The Balaban J connectivity index is 2.80. The SMILES string of the molecule is C=C1[C@@H](C(C)C)CC[C@]1(C)C=O. The molecule has 0 radical (unpaired) electrons. The minimum Gasteiger partial charge on any atom is -0.302 e. The molecule has 12 heavy (non-hydrogen) atoms. The lowest BCUT2D eigenvalue weighted by Gasteiger charge is -2.22. The summed E-state index contributed by atoms with van der Waals surface area (Å²) in [5, 5.41) is 0. The van der Waals surface area contributed by atoms with Gasteiger partial charge < -0.3 is 4.79 Å². The van der Waals surface area contributed by atoms with Crippen molar-refractivity contribution in [1.29, 1.82) is 0 Å². The third-order valence-corrected chi connectivity index (χ3v) is 3.22. The van der Waals surface area contributed by atoms with Crippen LogP contribution in [-0.4, -0.2) is 6.29 Å². The Morgan fingerprint density at radius 1 is 1.67 bits per heavy atom. The van der Waals surface area contributed by atoms with Crippen LogP contribution in [0.2, 0.25) is 0 Å². The van der Waals surface area contributed by atoms with Crippen LogP contribution in [0.3, 0.4) is 0 Å². The molecule has 0 N–H and O–H groups in total. The summed E-state index contributed by atoms with van der Waals surface area (Å²) in [6.45, 7) is 10.5. The average Bonchev–Trinajstić information content (AvgIpc) is 2.30. The van der Waals surface area contributed by atoms with Crippen LogP contribution in [0, 0.1) is 17.3 Å². The van der Waals surface area contributed by atoms with Crippen molar-refractivity contribution in [2.24, 2.45) is 17.3 Å². The molecule has 0 bridgehead atoms. The minimum absolute atomic E-state index is 0.227. The number of allylic oxidation sites excluding steroid dienone is 1. The third kappa shape index (κ3) is 1.33. The Morgan fingerprint density at radius 3 is 2.50 bits per heavy atom. The van der Waals surface area contributed by atoms with Crippen molar-refractivity contribution in [3.63, 3.8) is 0 Å². The zero-order chi connectivity index (χ0) is 9.35. The molecule has 0 unspecified atom stereocenters. The second-order valence-electron chi connectivity index (χ2n) is 4.45. The molecule has 68 valence electrons. The maximum Gasteiger partial charge on any atom is 0.129 e. The van der Waals surface area contributed by atoms with E-state index in [0.717, 1.165) is 24.7 Å². The highest BCUT2D eigenvalue weighted by Gasteiger charge is 2.39. The Kier molecular flexibility index (Phi) is 2.41. The Morgan fingerprint density at radius 2 is 2.25 bits per heavy atom. The van der Waals surface area contributed by atoms with E-state index in [0.29, 0.717) is 11.8 Å². The molecule has 0 saturated heterocycles. The summed E-state index contributed by atoms with van der Waals surface area (Å²) in [5.41, 5.74) is 0.919. The highest BCUT2D eigenvalue weighted by atomic mass is 16.1. The normalized spacial score (nSPS) is 36.0. The van der Waals surface area contributed by atoms with E-state index < -0.39 is 0 Å². The monoisotopic (exact) mass is 166 g/mol. The van der Waals surface area contributed by atoms with Gasteiger partial charge in [0.05, 0.1) is 0 Å². The summed E-state index contributed by atoms with van der Waals surface area (Å²) < 4.78 is 0. The summed E-state index contributed by atoms with van der Waals surface area (Å²) in [6.07, 6.45) is 3.18. The Bertz CT molecular complexity index is 205. The molecule has 0 amide bonds. The van der Waals surface area contributed by atoms with Crippen molar-refractivity contribution in [1.82, 2.24) is 0 Å². The highest BCUT2D eigenvalue weighted by molar-refractivity contribution is 5.65. The molecule has 1 saturated carbocycles. The van der Waals surface area contributed by atoms with E-state index in [9.17, 15) is 4.79 Å². The summed E-state index contributed by atoms with van der Waals surface area (Å²) in [6, 6.07) is 0. The molecule has 0 aromatic rings. The lowest BCUT2D eigenvalue weighted by molar-refractivity contribution is -0.113. The third-order valence-electron chi connectivity index (χ3n) is 3.22. The second kappa shape index (κ2) is 3.04. The molecule has 0 heterocycles. The van der Waals surface area contributed by atoms with Crippen molar-refractivity contribution in [3.8, 4) is 0 Å². The van der Waals surface area contributed by atoms with Gasteiger partial charge in [0.15, 0.2) is 0 Å². The largest absolute Gasteiger partial charge is 0.302 e. The van der Waals surface area contributed by atoms with Gasteiger partial charge in [0.2, 0.25) is 0 Å². The maximum absolute atomic E-state index is 10.8. The predicted molar refractivity (Wildman–Crippen MR) is 50.9 cm³/mol. The maximum atomic E-state index is 10.8. The van der Waals surface area contributed by atoms with Crippen LogP contribution in [0.1, 0.15) is 33.6 Å². The number of hydrogen-bond donors (Lipinski definition) is 0. The van der Waals surface area contributed by atoms with Gasteiger partial charge in [-0.15, -0.1) is 0 Å². The van der Waals surface area contributed by atoms with Gasteiger partial charge in [0.25, 0.3) is 0 Å². The number of hydrogen-bond acceptors (Lipinski definition) is 1. The average molecular weight is 166 g/mol. The van der Waals surface area contributed by atoms with E-state index >= 15 is 0 Å².